The van der Waals surface area contributed by atoms with Crippen molar-refractivity contribution in [1.82, 2.24) is 10.2 Å². The van der Waals surface area contributed by atoms with Gasteiger partial charge in [-0.1, -0.05) is 30.3 Å². The highest BCUT2D eigenvalue weighted by atomic mass is 16.4. The highest BCUT2D eigenvalue weighted by Crippen LogP contribution is 2.17. The van der Waals surface area contributed by atoms with Crippen LogP contribution >= 0.6 is 0 Å². The molecule has 23 heavy (non-hydrogen) atoms. The van der Waals surface area contributed by atoms with Crippen LogP contribution in [-0.2, 0) is 16.1 Å². The van der Waals surface area contributed by atoms with E-state index in [-0.39, 0.29) is 5.57 Å². The second-order valence-corrected chi connectivity index (χ2v) is 5.45. The molecule has 1 N–H and O–H groups in total. The van der Waals surface area contributed by atoms with Gasteiger partial charge >= 0.3 is 0 Å². The molecule has 0 spiro atoms. The first-order valence-electron chi connectivity index (χ1n) is 7.49. The lowest BCUT2D eigenvalue weighted by molar-refractivity contribution is -0.312. The van der Waals surface area contributed by atoms with Crippen molar-refractivity contribution in [2.75, 3.05) is 13.1 Å². The van der Waals surface area contributed by atoms with E-state index in [2.05, 4.69) is 5.32 Å². The third-order valence-corrected chi connectivity index (χ3v) is 3.84. The summed E-state index contributed by atoms with van der Waals surface area (Å²) in [6.45, 7) is 1.34. The number of nitriles is 1. The first-order chi connectivity index (χ1) is 11.1. The molecule has 120 valence electrons. The molecule has 1 amide bonds. The number of nitrogens with one attached hydrogen (secondary N) is 1. The number of likely N-dealkylation sites (tertiary alicyclic amines) is 1. The highest BCUT2D eigenvalue weighted by Gasteiger charge is 2.19. The molecule has 1 aliphatic heterocycles. The number of carbonyl (C=O) groups is 2. The maximum absolute atomic E-state index is 12.1. The van der Waals surface area contributed by atoms with E-state index in [0.717, 1.165) is 5.56 Å². The Morgan fingerprint density at radius 2 is 1.96 bits per heavy atom. The van der Waals surface area contributed by atoms with Gasteiger partial charge in [0.2, 0.25) is 0 Å². The summed E-state index contributed by atoms with van der Waals surface area (Å²) >= 11 is 0. The number of carbonyl (C=O) groups excluding carboxylic acids is 2. The summed E-state index contributed by atoms with van der Waals surface area (Å²) in [4.78, 5) is 24.7. The standard InChI is InChI=1S/C17H19N3O3/c18-10-15(12-20-8-6-14(7-9-20)17(22)23)16(21)19-11-13-4-2-1-3-5-13/h1-5,12,14H,6-9,11H2,(H,19,21)(H,22,23)/p-1. The average molecular weight is 312 g/mol. The van der Waals surface area contributed by atoms with Crippen LogP contribution in [0.1, 0.15) is 18.4 Å². The number of carboxylic acid groups (broad SMARTS) is 1. The number of hydrogen-bond donors (Lipinski definition) is 1. The first kappa shape index (κ1) is 16.6. The minimum Gasteiger partial charge on any atom is -0.550 e. The highest BCUT2D eigenvalue weighted by molar-refractivity contribution is 5.97. The molecule has 0 unspecified atom stereocenters. The zero-order chi connectivity index (χ0) is 16.7. The Morgan fingerprint density at radius 1 is 1.30 bits per heavy atom. The van der Waals surface area contributed by atoms with Crippen molar-refractivity contribution in [3.05, 3.63) is 47.7 Å². The van der Waals surface area contributed by atoms with Crippen LogP contribution < -0.4 is 10.4 Å². The fourth-order valence-corrected chi connectivity index (χ4v) is 2.46. The molecule has 0 radical (unpaired) electrons. The average Bonchev–Trinajstić information content (AvgIpc) is 2.59. The Kier molecular flexibility index (Phi) is 5.75. The Bertz CT molecular complexity index is 626. The number of piperidine rings is 1. The van der Waals surface area contributed by atoms with Gasteiger partial charge in [-0.05, 0) is 18.4 Å². The number of carboxylic acids is 1. The van der Waals surface area contributed by atoms with Gasteiger partial charge in [0.05, 0.1) is 0 Å². The molecular formula is C17H18N3O3-. The number of nitrogens with zero attached hydrogens (tertiary/aromatic N) is 2. The van der Waals surface area contributed by atoms with Gasteiger partial charge in [-0.2, -0.15) is 5.26 Å². The molecule has 6 heteroatoms. The van der Waals surface area contributed by atoms with E-state index < -0.39 is 17.8 Å². The minimum atomic E-state index is -1.03. The molecular weight excluding hydrogens is 294 g/mol. The van der Waals surface area contributed by atoms with Crippen molar-refractivity contribution < 1.29 is 14.7 Å². The lowest BCUT2D eigenvalue weighted by atomic mass is 9.97. The van der Waals surface area contributed by atoms with E-state index in [0.29, 0.717) is 32.5 Å². The maximum atomic E-state index is 12.1. The number of aliphatic carboxylic acids is 1. The zero-order valence-corrected chi connectivity index (χ0v) is 12.7. The van der Waals surface area contributed by atoms with E-state index in [1.54, 1.807) is 4.90 Å². The van der Waals surface area contributed by atoms with Crippen LogP contribution in [0.15, 0.2) is 42.1 Å². The number of amides is 1. The van der Waals surface area contributed by atoms with E-state index in [4.69, 9.17) is 5.26 Å². The Hall–Kier alpha value is -2.81. The van der Waals surface area contributed by atoms with Crippen LogP contribution in [0, 0.1) is 17.2 Å². The topological polar surface area (TPSA) is 96.3 Å². The Labute approximate surface area is 135 Å². The van der Waals surface area contributed by atoms with Gasteiger partial charge in [-0.3, -0.25) is 4.79 Å². The fourth-order valence-electron chi connectivity index (χ4n) is 2.46. The second kappa shape index (κ2) is 7.99. The summed E-state index contributed by atoms with van der Waals surface area (Å²) in [5.41, 5.74) is 0.973. The molecule has 1 saturated heterocycles. The van der Waals surface area contributed by atoms with E-state index in [1.807, 2.05) is 36.4 Å². The van der Waals surface area contributed by atoms with Gasteiger partial charge < -0.3 is 20.1 Å². The molecule has 0 aliphatic carbocycles. The second-order valence-electron chi connectivity index (χ2n) is 5.45. The third kappa shape index (κ3) is 4.85. The molecule has 1 aromatic carbocycles. The number of rotatable bonds is 5. The van der Waals surface area contributed by atoms with Crippen molar-refractivity contribution in [1.29, 1.82) is 5.26 Å². The van der Waals surface area contributed by atoms with Crippen LogP contribution in [0.25, 0.3) is 0 Å². The largest absolute Gasteiger partial charge is 0.550 e. The van der Waals surface area contributed by atoms with Crippen LogP contribution in [0.5, 0.6) is 0 Å². The Morgan fingerprint density at radius 3 is 2.52 bits per heavy atom. The summed E-state index contributed by atoms with van der Waals surface area (Å²) in [6, 6.07) is 11.3. The molecule has 0 atom stereocenters. The van der Waals surface area contributed by atoms with E-state index in [9.17, 15) is 14.7 Å². The number of benzene rings is 1. The Balaban J connectivity index is 1.90. The molecule has 0 bridgehead atoms. The normalized spacial score (nSPS) is 15.8. The molecule has 1 heterocycles. The molecule has 6 nitrogen and oxygen atoms in total. The predicted molar refractivity (Wildman–Crippen MR) is 81.3 cm³/mol. The van der Waals surface area contributed by atoms with Crippen molar-refractivity contribution in [2.24, 2.45) is 5.92 Å². The molecule has 1 fully saturated rings. The van der Waals surface area contributed by atoms with Crippen molar-refractivity contribution in [3.8, 4) is 6.07 Å². The van der Waals surface area contributed by atoms with Crippen LogP contribution in [0.2, 0.25) is 0 Å². The lowest BCUT2D eigenvalue weighted by Gasteiger charge is -2.31. The van der Waals surface area contributed by atoms with Gasteiger partial charge in [0.15, 0.2) is 0 Å². The minimum absolute atomic E-state index is 0.0211. The van der Waals surface area contributed by atoms with Crippen molar-refractivity contribution in [2.45, 2.75) is 19.4 Å². The summed E-state index contributed by atoms with van der Waals surface area (Å²) < 4.78 is 0. The molecule has 1 aliphatic rings. The van der Waals surface area contributed by atoms with Crippen LogP contribution in [-0.4, -0.2) is 29.9 Å². The molecule has 2 rings (SSSR count). The summed E-state index contributed by atoms with van der Waals surface area (Å²) in [7, 11) is 0. The quantitative estimate of drug-likeness (QED) is 0.617. The summed E-state index contributed by atoms with van der Waals surface area (Å²) in [6.07, 6.45) is 2.43. The lowest BCUT2D eigenvalue weighted by Crippen LogP contribution is -2.39. The zero-order valence-electron chi connectivity index (χ0n) is 12.7. The van der Waals surface area contributed by atoms with Gasteiger partial charge in [0, 0.05) is 37.7 Å². The molecule has 1 aromatic rings. The van der Waals surface area contributed by atoms with E-state index in [1.165, 1.54) is 6.20 Å². The molecule has 0 aromatic heterocycles. The first-order valence-corrected chi connectivity index (χ1v) is 7.49. The smallest absolute Gasteiger partial charge is 0.263 e. The van der Waals surface area contributed by atoms with Gasteiger partial charge in [-0.25, -0.2) is 0 Å². The summed E-state index contributed by atoms with van der Waals surface area (Å²) in [5, 5.41) is 22.7. The van der Waals surface area contributed by atoms with Crippen LogP contribution in [0.4, 0.5) is 0 Å². The summed E-state index contributed by atoms with van der Waals surface area (Å²) in [5.74, 6) is -1.91. The van der Waals surface area contributed by atoms with Gasteiger partial charge in [0.1, 0.15) is 11.6 Å². The van der Waals surface area contributed by atoms with Crippen molar-refractivity contribution >= 4 is 11.9 Å². The SMILES string of the molecule is N#CC(=CN1CCC(C(=O)[O-])CC1)C(=O)NCc1ccccc1. The van der Waals surface area contributed by atoms with E-state index >= 15 is 0 Å². The fraction of sp³-hybridized carbons (Fsp3) is 0.353. The maximum Gasteiger partial charge on any atom is 0.263 e. The van der Waals surface area contributed by atoms with Gasteiger partial charge in [-0.15, -0.1) is 0 Å². The monoisotopic (exact) mass is 312 g/mol. The van der Waals surface area contributed by atoms with Gasteiger partial charge in [0.25, 0.3) is 5.91 Å². The predicted octanol–water partition coefficient (Wildman–Crippen LogP) is 0.172. The molecule has 0 saturated carbocycles. The van der Waals surface area contributed by atoms with Crippen LogP contribution in [0.3, 0.4) is 0 Å². The van der Waals surface area contributed by atoms with Crippen molar-refractivity contribution in [3.63, 3.8) is 0 Å². The number of hydrogen-bond acceptors (Lipinski definition) is 5. The third-order valence-electron chi connectivity index (χ3n) is 3.84.